The molecule has 4 unspecified atom stereocenters. The highest BCUT2D eigenvalue weighted by Crippen LogP contribution is 2.62. The zero-order chi connectivity index (χ0) is 15.3. The lowest BCUT2D eigenvalue weighted by Gasteiger charge is -2.49. The minimum Gasteiger partial charge on any atom is -0.508 e. The molecule has 0 radical (unpaired) electrons. The maximum absolute atomic E-state index is 9.73. The van der Waals surface area contributed by atoms with Crippen LogP contribution in [0.1, 0.15) is 56.1 Å². The van der Waals surface area contributed by atoms with Gasteiger partial charge in [0, 0.05) is 6.08 Å². The van der Waals surface area contributed by atoms with E-state index in [-0.39, 0.29) is 5.41 Å². The van der Waals surface area contributed by atoms with Gasteiger partial charge >= 0.3 is 0 Å². The van der Waals surface area contributed by atoms with E-state index in [1.165, 1.54) is 42.4 Å². The van der Waals surface area contributed by atoms with E-state index in [1.807, 2.05) is 18.2 Å². The SMILES string of the molecule is CC12CCC3c4ccc(O)cc4CCC3C1CC/C2=C\C#N. The van der Waals surface area contributed by atoms with E-state index in [2.05, 4.69) is 19.1 Å². The Labute approximate surface area is 132 Å². The molecule has 4 rings (SSSR count). The van der Waals surface area contributed by atoms with Crippen molar-refractivity contribution in [1.29, 1.82) is 5.26 Å². The summed E-state index contributed by atoms with van der Waals surface area (Å²) in [6.07, 6.45) is 8.94. The second-order valence-electron chi connectivity index (χ2n) is 7.59. The third-order valence-corrected chi connectivity index (χ3v) is 6.80. The maximum Gasteiger partial charge on any atom is 0.115 e. The minimum absolute atomic E-state index is 0.255. The molecule has 1 N–H and O–H groups in total. The van der Waals surface area contributed by atoms with Crippen molar-refractivity contribution in [2.24, 2.45) is 17.3 Å². The summed E-state index contributed by atoms with van der Waals surface area (Å²) in [6.45, 7) is 2.40. The zero-order valence-corrected chi connectivity index (χ0v) is 13.2. The van der Waals surface area contributed by atoms with Crippen molar-refractivity contribution in [1.82, 2.24) is 0 Å². The quantitative estimate of drug-likeness (QED) is 0.705. The molecule has 0 heterocycles. The first kappa shape index (κ1) is 13.9. The van der Waals surface area contributed by atoms with Crippen molar-refractivity contribution in [2.45, 2.75) is 51.4 Å². The van der Waals surface area contributed by atoms with Crippen molar-refractivity contribution in [3.05, 3.63) is 41.0 Å². The molecule has 3 aliphatic carbocycles. The molecule has 22 heavy (non-hydrogen) atoms. The second-order valence-corrected chi connectivity index (χ2v) is 7.59. The molecule has 0 amide bonds. The van der Waals surface area contributed by atoms with Gasteiger partial charge in [0.1, 0.15) is 5.75 Å². The maximum atomic E-state index is 9.73. The first-order chi connectivity index (χ1) is 10.6. The van der Waals surface area contributed by atoms with Crippen molar-refractivity contribution >= 4 is 0 Å². The van der Waals surface area contributed by atoms with Gasteiger partial charge < -0.3 is 5.11 Å². The van der Waals surface area contributed by atoms with Gasteiger partial charge in [0.25, 0.3) is 0 Å². The number of hydrogen-bond donors (Lipinski definition) is 1. The van der Waals surface area contributed by atoms with E-state index in [1.54, 1.807) is 0 Å². The predicted octanol–water partition coefficient (Wildman–Crippen LogP) is 4.70. The number of aryl methyl sites for hydroxylation is 1. The Balaban J connectivity index is 1.70. The Hall–Kier alpha value is -1.75. The van der Waals surface area contributed by atoms with Gasteiger partial charge in [-0.3, -0.25) is 0 Å². The van der Waals surface area contributed by atoms with E-state index >= 15 is 0 Å². The average Bonchev–Trinajstić information content (AvgIpc) is 2.84. The molecule has 3 aliphatic rings. The Morgan fingerprint density at radius 3 is 2.95 bits per heavy atom. The molecule has 2 saturated carbocycles. The fraction of sp³-hybridized carbons (Fsp3) is 0.550. The number of phenols is 1. The van der Waals surface area contributed by atoms with Crippen LogP contribution < -0.4 is 0 Å². The van der Waals surface area contributed by atoms with Crippen molar-refractivity contribution < 1.29 is 5.11 Å². The van der Waals surface area contributed by atoms with Gasteiger partial charge in [0.2, 0.25) is 0 Å². The van der Waals surface area contributed by atoms with Gasteiger partial charge in [0.15, 0.2) is 0 Å². The third kappa shape index (κ3) is 1.85. The van der Waals surface area contributed by atoms with Gasteiger partial charge in [-0.25, -0.2) is 0 Å². The van der Waals surface area contributed by atoms with Crippen LogP contribution in [-0.2, 0) is 6.42 Å². The Morgan fingerprint density at radius 2 is 2.14 bits per heavy atom. The number of fused-ring (bicyclic) bond motifs is 5. The van der Waals surface area contributed by atoms with Crippen LogP contribution >= 0.6 is 0 Å². The summed E-state index contributed by atoms with van der Waals surface area (Å²) < 4.78 is 0. The number of nitrogens with zero attached hydrogens (tertiary/aromatic N) is 1. The number of nitriles is 1. The zero-order valence-electron chi connectivity index (χ0n) is 13.2. The van der Waals surface area contributed by atoms with Crippen molar-refractivity contribution in [2.75, 3.05) is 0 Å². The molecule has 0 aliphatic heterocycles. The van der Waals surface area contributed by atoms with Crippen LogP contribution in [0, 0.1) is 28.6 Å². The lowest BCUT2D eigenvalue weighted by atomic mass is 9.55. The summed E-state index contributed by atoms with van der Waals surface area (Å²) in [5.74, 6) is 2.54. The number of benzene rings is 1. The standard InChI is InChI=1S/C20H23NO/c1-20-10-8-17-16-6-4-15(22)12-13(16)2-5-18(17)19(20)7-3-14(20)9-11-21/h4,6,9,12,17-19,22H,2-3,5,7-8,10H2,1H3/b14-9+. The third-order valence-electron chi connectivity index (χ3n) is 6.80. The molecule has 2 fully saturated rings. The van der Waals surface area contributed by atoms with E-state index < -0.39 is 0 Å². The van der Waals surface area contributed by atoms with Gasteiger partial charge in [-0.05, 0) is 85.0 Å². The number of rotatable bonds is 0. The molecule has 0 spiro atoms. The second kappa shape index (κ2) is 4.88. The van der Waals surface area contributed by atoms with Crippen molar-refractivity contribution in [3.63, 3.8) is 0 Å². The van der Waals surface area contributed by atoms with Crippen LogP contribution in [-0.4, -0.2) is 5.11 Å². The molecule has 1 aromatic carbocycles. The summed E-state index contributed by atoms with van der Waals surface area (Å²) in [7, 11) is 0. The minimum atomic E-state index is 0.255. The summed E-state index contributed by atoms with van der Waals surface area (Å²) >= 11 is 0. The van der Waals surface area contributed by atoms with Crippen LogP contribution in [0.2, 0.25) is 0 Å². The first-order valence-corrected chi connectivity index (χ1v) is 8.54. The fourth-order valence-electron chi connectivity index (χ4n) is 5.73. The van der Waals surface area contributed by atoms with Gasteiger partial charge in [-0.1, -0.05) is 18.6 Å². The lowest BCUT2D eigenvalue weighted by Crippen LogP contribution is -2.40. The molecule has 2 nitrogen and oxygen atoms in total. The predicted molar refractivity (Wildman–Crippen MR) is 86.4 cm³/mol. The molecule has 0 bridgehead atoms. The van der Waals surface area contributed by atoms with Crippen LogP contribution in [0.4, 0.5) is 0 Å². The largest absolute Gasteiger partial charge is 0.508 e. The highest BCUT2D eigenvalue weighted by molar-refractivity contribution is 5.41. The van der Waals surface area contributed by atoms with Gasteiger partial charge in [-0.2, -0.15) is 5.26 Å². The highest BCUT2D eigenvalue weighted by Gasteiger charge is 2.52. The Bertz CT molecular complexity index is 683. The van der Waals surface area contributed by atoms with E-state index in [4.69, 9.17) is 5.26 Å². The van der Waals surface area contributed by atoms with Crippen LogP contribution in [0.3, 0.4) is 0 Å². The molecule has 114 valence electrons. The van der Waals surface area contributed by atoms with E-state index in [9.17, 15) is 5.11 Å². The average molecular weight is 293 g/mol. The molecule has 4 atom stereocenters. The topological polar surface area (TPSA) is 44.0 Å². The van der Waals surface area contributed by atoms with Crippen LogP contribution in [0.5, 0.6) is 5.75 Å². The first-order valence-electron chi connectivity index (χ1n) is 8.54. The Morgan fingerprint density at radius 1 is 1.27 bits per heavy atom. The van der Waals surface area contributed by atoms with E-state index in [0.29, 0.717) is 11.7 Å². The normalized spacial score (nSPS) is 38.0. The summed E-state index contributed by atoms with van der Waals surface area (Å²) in [4.78, 5) is 0. The van der Waals surface area contributed by atoms with Crippen LogP contribution in [0.15, 0.2) is 29.8 Å². The monoisotopic (exact) mass is 293 g/mol. The summed E-state index contributed by atoms with van der Waals surface area (Å²) in [6, 6.07) is 8.25. The smallest absolute Gasteiger partial charge is 0.115 e. The van der Waals surface area contributed by atoms with Crippen LogP contribution in [0.25, 0.3) is 0 Å². The van der Waals surface area contributed by atoms with Gasteiger partial charge in [-0.15, -0.1) is 0 Å². The molecule has 0 aromatic heterocycles. The van der Waals surface area contributed by atoms with Crippen molar-refractivity contribution in [3.8, 4) is 11.8 Å². The fourth-order valence-corrected chi connectivity index (χ4v) is 5.73. The molecule has 2 heteroatoms. The molecule has 0 saturated heterocycles. The number of hydrogen-bond acceptors (Lipinski definition) is 2. The number of allylic oxidation sites excluding steroid dienone is 2. The molecule has 1 aromatic rings. The molecular weight excluding hydrogens is 270 g/mol. The highest BCUT2D eigenvalue weighted by atomic mass is 16.3. The van der Waals surface area contributed by atoms with E-state index in [0.717, 1.165) is 24.7 Å². The number of phenolic OH excluding ortho intramolecular Hbond substituents is 1. The summed E-state index contributed by atoms with van der Waals surface area (Å²) in [5, 5.41) is 18.8. The summed E-state index contributed by atoms with van der Waals surface area (Å²) in [5.41, 5.74) is 4.49. The number of aromatic hydroxyl groups is 1. The lowest BCUT2D eigenvalue weighted by molar-refractivity contribution is 0.0814. The Kier molecular flexibility index (Phi) is 3.08. The van der Waals surface area contributed by atoms with Gasteiger partial charge in [0.05, 0.1) is 6.07 Å². The molecular formula is C20H23NO.